The highest BCUT2D eigenvalue weighted by atomic mass is 16.5. The van der Waals surface area contributed by atoms with Crippen LogP contribution >= 0.6 is 0 Å². The summed E-state index contributed by atoms with van der Waals surface area (Å²) in [5.74, 6) is 2.18. The summed E-state index contributed by atoms with van der Waals surface area (Å²) in [6, 6.07) is 18.6. The lowest BCUT2D eigenvalue weighted by Crippen LogP contribution is -2.08. The summed E-state index contributed by atoms with van der Waals surface area (Å²) < 4.78 is 8.29. The van der Waals surface area contributed by atoms with E-state index in [4.69, 9.17) is 9.72 Å². The van der Waals surface area contributed by atoms with Crippen molar-refractivity contribution in [2.75, 3.05) is 6.61 Å². The number of benzene rings is 2. The van der Waals surface area contributed by atoms with Crippen LogP contribution < -0.4 is 4.74 Å². The van der Waals surface area contributed by atoms with Crippen molar-refractivity contribution in [3.8, 4) is 5.75 Å². The van der Waals surface area contributed by atoms with E-state index >= 15 is 0 Å². The van der Waals surface area contributed by atoms with E-state index in [0.29, 0.717) is 0 Å². The lowest BCUT2D eigenvalue weighted by Gasteiger charge is -2.10. The molecule has 0 N–H and O–H groups in total. The summed E-state index contributed by atoms with van der Waals surface area (Å²) in [5.41, 5.74) is 2.37. The van der Waals surface area contributed by atoms with Crippen LogP contribution in [0.5, 0.6) is 5.75 Å². The van der Waals surface area contributed by atoms with Crippen LogP contribution in [0.3, 0.4) is 0 Å². The van der Waals surface area contributed by atoms with E-state index in [-0.39, 0.29) is 0 Å². The lowest BCUT2D eigenvalue weighted by atomic mass is 10.1. The van der Waals surface area contributed by atoms with Gasteiger partial charge in [-0.15, -0.1) is 0 Å². The van der Waals surface area contributed by atoms with E-state index in [9.17, 15) is 0 Å². The zero-order valence-electron chi connectivity index (χ0n) is 18.7. The third-order valence-corrected chi connectivity index (χ3v) is 5.78. The van der Waals surface area contributed by atoms with Crippen molar-refractivity contribution >= 4 is 11.0 Å². The molecule has 0 saturated heterocycles. The van der Waals surface area contributed by atoms with Crippen molar-refractivity contribution in [1.82, 2.24) is 9.55 Å². The number of fused-ring (bicyclic) bond motifs is 1. The summed E-state index contributed by atoms with van der Waals surface area (Å²) in [6.07, 6.45) is 14.3. The zero-order valence-corrected chi connectivity index (χ0v) is 18.7. The molecule has 0 aliphatic rings. The number of aromatic nitrogens is 2. The van der Waals surface area contributed by atoms with E-state index in [2.05, 4.69) is 35.8 Å². The quantitative estimate of drug-likeness (QED) is 0.243. The molecule has 0 fully saturated rings. The van der Waals surface area contributed by atoms with Gasteiger partial charge in [-0.3, -0.25) is 0 Å². The van der Waals surface area contributed by atoms with Crippen LogP contribution in [0, 0.1) is 0 Å². The van der Waals surface area contributed by atoms with Crippen LogP contribution in [0.2, 0.25) is 0 Å². The number of para-hydroxylation sites is 3. The van der Waals surface area contributed by atoms with E-state index in [1.807, 2.05) is 30.3 Å². The van der Waals surface area contributed by atoms with Crippen LogP contribution in [0.25, 0.3) is 11.0 Å². The Bertz CT molecular complexity index is 840. The molecule has 162 valence electrons. The molecule has 1 aromatic heterocycles. The van der Waals surface area contributed by atoms with E-state index in [1.54, 1.807) is 0 Å². The number of aryl methyl sites for hydroxylation is 2. The highest BCUT2D eigenvalue weighted by Crippen LogP contribution is 2.19. The van der Waals surface area contributed by atoms with Crippen LogP contribution in [-0.4, -0.2) is 16.2 Å². The minimum atomic E-state index is 0.730. The Balaban J connectivity index is 1.44. The zero-order chi connectivity index (χ0) is 20.9. The smallest absolute Gasteiger partial charge is 0.119 e. The van der Waals surface area contributed by atoms with Crippen LogP contribution in [0.1, 0.15) is 77.0 Å². The van der Waals surface area contributed by atoms with Gasteiger partial charge in [-0.1, -0.05) is 88.6 Å². The van der Waals surface area contributed by atoms with Crippen molar-refractivity contribution < 1.29 is 4.74 Å². The first kappa shape index (κ1) is 22.4. The topological polar surface area (TPSA) is 27.1 Å². The summed E-state index contributed by atoms with van der Waals surface area (Å²) in [7, 11) is 0. The second kappa shape index (κ2) is 13.1. The largest absolute Gasteiger partial charge is 0.494 e. The number of rotatable bonds is 15. The summed E-state index contributed by atoms with van der Waals surface area (Å²) in [5, 5.41) is 0. The second-order valence-corrected chi connectivity index (χ2v) is 8.26. The van der Waals surface area contributed by atoms with Crippen LogP contribution in [0.4, 0.5) is 0 Å². The maximum absolute atomic E-state index is 5.88. The minimum absolute atomic E-state index is 0.730. The molecule has 3 nitrogen and oxygen atoms in total. The third-order valence-electron chi connectivity index (χ3n) is 5.78. The Hall–Kier alpha value is -2.29. The highest BCUT2D eigenvalue weighted by molar-refractivity contribution is 5.75. The van der Waals surface area contributed by atoms with Gasteiger partial charge in [0.05, 0.1) is 17.6 Å². The number of hydrogen-bond donors (Lipinski definition) is 0. The van der Waals surface area contributed by atoms with Gasteiger partial charge >= 0.3 is 0 Å². The molecule has 30 heavy (non-hydrogen) atoms. The number of nitrogens with zero attached hydrogens (tertiary/aromatic N) is 2. The molecule has 0 atom stereocenters. The number of ether oxygens (including phenoxy) is 1. The minimum Gasteiger partial charge on any atom is -0.494 e. The standard InChI is InChI=1S/C27H38N2O/c1-2-3-4-5-6-7-8-9-13-21-27-28-25-19-14-15-20-26(25)29(27)22-16-23-30-24-17-11-10-12-18-24/h10-12,14-15,17-20H,2-9,13,16,21-23H2,1H3. The van der Waals surface area contributed by atoms with E-state index in [0.717, 1.165) is 37.3 Å². The number of imidazole rings is 1. The van der Waals surface area contributed by atoms with E-state index < -0.39 is 0 Å². The van der Waals surface area contributed by atoms with Crippen LogP contribution in [-0.2, 0) is 13.0 Å². The predicted molar refractivity (Wildman–Crippen MR) is 127 cm³/mol. The molecule has 0 saturated carbocycles. The first-order valence-electron chi connectivity index (χ1n) is 12.0. The fraction of sp³-hybridized carbons (Fsp3) is 0.519. The molecular weight excluding hydrogens is 368 g/mol. The maximum Gasteiger partial charge on any atom is 0.119 e. The first-order chi connectivity index (χ1) is 14.9. The summed E-state index contributed by atoms with van der Waals surface area (Å²) in [6.45, 7) is 3.97. The average molecular weight is 407 g/mol. The molecule has 1 heterocycles. The average Bonchev–Trinajstić information content (AvgIpc) is 3.13. The number of hydrogen-bond acceptors (Lipinski definition) is 2. The molecule has 0 aliphatic heterocycles. The van der Waals surface area contributed by atoms with Crippen molar-refractivity contribution in [2.45, 2.75) is 84.1 Å². The van der Waals surface area contributed by atoms with Gasteiger partial charge in [-0.2, -0.15) is 0 Å². The molecular formula is C27H38N2O. The molecule has 3 heteroatoms. The third kappa shape index (κ3) is 7.19. The highest BCUT2D eigenvalue weighted by Gasteiger charge is 2.10. The molecule has 0 unspecified atom stereocenters. The van der Waals surface area contributed by atoms with Crippen LogP contribution in [0.15, 0.2) is 54.6 Å². The molecule has 0 radical (unpaired) electrons. The lowest BCUT2D eigenvalue weighted by molar-refractivity contribution is 0.301. The molecule has 3 rings (SSSR count). The summed E-state index contributed by atoms with van der Waals surface area (Å²) >= 11 is 0. The molecule has 0 bridgehead atoms. The van der Waals surface area contributed by atoms with Gasteiger partial charge in [0.15, 0.2) is 0 Å². The molecule has 2 aromatic carbocycles. The Morgan fingerprint density at radius 1 is 0.733 bits per heavy atom. The van der Waals surface area contributed by atoms with Gasteiger partial charge < -0.3 is 9.30 Å². The molecule has 3 aromatic rings. The van der Waals surface area contributed by atoms with Gasteiger partial charge in [-0.25, -0.2) is 4.98 Å². The fourth-order valence-electron chi connectivity index (χ4n) is 4.09. The molecule has 0 aliphatic carbocycles. The Labute approximate surface area is 182 Å². The van der Waals surface area contributed by atoms with Crippen molar-refractivity contribution in [3.63, 3.8) is 0 Å². The van der Waals surface area contributed by atoms with Gasteiger partial charge in [0, 0.05) is 13.0 Å². The Morgan fingerprint density at radius 2 is 1.40 bits per heavy atom. The Morgan fingerprint density at radius 3 is 2.17 bits per heavy atom. The van der Waals surface area contributed by atoms with Crippen molar-refractivity contribution in [2.24, 2.45) is 0 Å². The fourth-order valence-corrected chi connectivity index (χ4v) is 4.09. The van der Waals surface area contributed by atoms with E-state index in [1.165, 1.54) is 69.1 Å². The SMILES string of the molecule is CCCCCCCCCCCc1nc2ccccc2n1CCCOc1ccccc1. The normalized spacial score (nSPS) is 11.2. The molecule has 0 spiro atoms. The second-order valence-electron chi connectivity index (χ2n) is 8.26. The van der Waals surface area contributed by atoms with Crippen molar-refractivity contribution in [1.29, 1.82) is 0 Å². The van der Waals surface area contributed by atoms with Crippen molar-refractivity contribution in [3.05, 3.63) is 60.4 Å². The number of unbranched alkanes of at least 4 members (excludes halogenated alkanes) is 8. The molecule has 0 amide bonds. The predicted octanol–water partition coefficient (Wildman–Crippen LogP) is 7.58. The van der Waals surface area contributed by atoms with Gasteiger partial charge in [0.1, 0.15) is 11.6 Å². The van der Waals surface area contributed by atoms with Gasteiger partial charge in [0.2, 0.25) is 0 Å². The first-order valence-corrected chi connectivity index (χ1v) is 12.0. The Kier molecular flexibility index (Phi) is 9.78. The van der Waals surface area contributed by atoms with Gasteiger partial charge in [-0.05, 0) is 37.1 Å². The van der Waals surface area contributed by atoms with Gasteiger partial charge in [0.25, 0.3) is 0 Å². The summed E-state index contributed by atoms with van der Waals surface area (Å²) in [4.78, 5) is 4.94. The maximum atomic E-state index is 5.88. The monoisotopic (exact) mass is 406 g/mol.